The molecule has 0 saturated heterocycles. The van der Waals surface area contributed by atoms with Gasteiger partial charge in [0.05, 0.1) is 11.3 Å². The molecule has 26 heavy (non-hydrogen) atoms. The lowest BCUT2D eigenvalue weighted by molar-refractivity contribution is -0.0889. The van der Waals surface area contributed by atoms with Gasteiger partial charge < -0.3 is 10.4 Å². The Balaban J connectivity index is 1.67. The van der Waals surface area contributed by atoms with E-state index in [0.717, 1.165) is 6.08 Å². The fourth-order valence-corrected chi connectivity index (χ4v) is 3.44. The number of nitrogens with one attached hydrogen (secondary N) is 1. The lowest BCUT2D eigenvalue weighted by atomic mass is 9.93. The molecule has 138 valence electrons. The van der Waals surface area contributed by atoms with Crippen molar-refractivity contribution in [1.29, 1.82) is 0 Å². The molecule has 0 amide bonds. The first-order valence-corrected chi connectivity index (χ1v) is 8.87. The van der Waals surface area contributed by atoms with E-state index in [0.29, 0.717) is 16.5 Å². The molecule has 0 radical (unpaired) electrons. The maximum atomic E-state index is 12.8. The molecule has 1 aliphatic rings. The fourth-order valence-electron chi connectivity index (χ4n) is 2.48. The number of nitrogens with zero attached hydrogens (tertiary/aromatic N) is 3. The summed E-state index contributed by atoms with van der Waals surface area (Å²) in [7, 11) is 0. The van der Waals surface area contributed by atoms with Crippen molar-refractivity contribution >= 4 is 28.8 Å². The minimum absolute atomic E-state index is 0.0189. The van der Waals surface area contributed by atoms with Gasteiger partial charge in [0.1, 0.15) is 23.3 Å². The van der Waals surface area contributed by atoms with Crippen LogP contribution in [0.25, 0.3) is 0 Å². The van der Waals surface area contributed by atoms with Crippen LogP contribution in [-0.4, -0.2) is 32.8 Å². The molecule has 3 rings (SSSR count). The Bertz CT molecular complexity index is 823. The second-order valence-electron chi connectivity index (χ2n) is 5.58. The molecule has 0 fully saturated rings. The van der Waals surface area contributed by atoms with E-state index in [9.17, 15) is 18.3 Å². The molecule has 0 saturated carbocycles. The summed E-state index contributed by atoms with van der Waals surface area (Å²) in [5, 5.41) is 15.1. The van der Waals surface area contributed by atoms with Crippen molar-refractivity contribution in [2.24, 2.45) is 0 Å². The second-order valence-corrected chi connectivity index (χ2v) is 6.96. The quantitative estimate of drug-likeness (QED) is 0.785. The van der Waals surface area contributed by atoms with Crippen LogP contribution >= 0.6 is 22.9 Å². The number of aliphatic hydroxyl groups is 1. The molecule has 2 heterocycles. The Hall–Kier alpha value is -1.97. The SMILES string of the molecule is OC(CNc1cc(C2C=CC(C(F)(F)F)=C(Cl)C2)ncn1)c1nccs1. The zero-order valence-electron chi connectivity index (χ0n) is 13.2. The number of hydrogen-bond donors (Lipinski definition) is 2. The van der Waals surface area contributed by atoms with Crippen LogP contribution in [0.4, 0.5) is 19.0 Å². The van der Waals surface area contributed by atoms with Crippen LogP contribution in [0.5, 0.6) is 0 Å². The maximum absolute atomic E-state index is 12.8. The summed E-state index contributed by atoms with van der Waals surface area (Å²) in [4.78, 5) is 12.2. The van der Waals surface area contributed by atoms with Crippen LogP contribution in [-0.2, 0) is 0 Å². The van der Waals surface area contributed by atoms with Gasteiger partial charge >= 0.3 is 6.18 Å². The van der Waals surface area contributed by atoms with E-state index in [1.807, 2.05) is 0 Å². The van der Waals surface area contributed by atoms with Gasteiger partial charge in [-0.3, -0.25) is 0 Å². The van der Waals surface area contributed by atoms with Crippen LogP contribution in [0.2, 0.25) is 0 Å². The average Bonchev–Trinajstić information content (AvgIpc) is 3.13. The van der Waals surface area contributed by atoms with Crippen LogP contribution in [0.15, 0.2) is 46.7 Å². The standard InChI is InChI=1S/C16H14ClF3N4OS/c17-11-5-9(1-2-10(11)16(18,19)20)12-6-14(24-8-23-12)22-7-13(25)15-21-3-4-26-15/h1-4,6,8-9,13,25H,5,7H2,(H,22,23,24). The lowest BCUT2D eigenvalue weighted by Crippen LogP contribution is -2.16. The van der Waals surface area contributed by atoms with E-state index in [4.69, 9.17) is 11.6 Å². The monoisotopic (exact) mass is 402 g/mol. The summed E-state index contributed by atoms with van der Waals surface area (Å²) >= 11 is 7.16. The molecule has 2 unspecified atom stereocenters. The van der Waals surface area contributed by atoms with Crippen molar-refractivity contribution in [3.63, 3.8) is 0 Å². The van der Waals surface area contributed by atoms with Gasteiger partial charge in [-0.05, 0) is 6.42 Å². The number of aromatic nitrogens is 3. The molecular formula is C16H14ClF3N4OS. The number of aliphatic hydroxyl groups excluding tert-OH is 1. The molecule has 2 N–H and O–H groups in total. The molecule has 2 atom stereocenters. The zero-order valence-corrected chi connectivity index (χ0v) is 14.8. The van der Waals surface area contributed by atoms with E-state index in [1.54, 1.807) is 17.6 Å². The molecule has 10 heteroatoms. The number of anilines is 1. The van der Waals surface area contributed by atoms with Gasteiger partial charge in [-0.1, -0.05) is 23.8 Å². The first-order chi connectivity index (χ1) is 12.3. The summed E-state index contributed by atoms with van der Waals surface area (Å²) in [6.07, 6.45) is 0.109. The largest absolute Gasteiger partial charge is 0.417 e. The number of thiazole rings is 1. The highest BCUT2D eigenvalue weighted by atomic mass is 35.5. The van der Waals surface area contributed by atoms with Crippen molar-refractivity contribution in [2.75, 3.05) is 11.9 Å². The third-order valence-electron chi connectivity index (χ3n) is 3.77. The van der Waals surface area contributed by atoms with Crippen molar-refractivity contribution < 1.29 is 18.3 Å². The minimum atomic E-state index is -4.47. The molecule has 0 aliphatic heterocycles. The maximum Gasteiger partial charge on any atom is 0.417 e. The van der Waals surface area contributed by atoms with Crippen molar-refractivity contribution in [3.8, 4) is 0 Å². The van der Waals surface area contributed by atoms with Crippen LogP contribution < -0.4 is 5.32 Å². The van der Waals surface area contributed by atoms with E-state index >= 15 is 0 Å². The Labute approximate surface area is 156 Å². The van der Waals surface area contributed by atoms with Crippen molar-refractivity contribution in [2.45, 2.75) is 24.6 Å². The Morgan fingerprint density at radius 3 is 2.81 bits per heavy atom. The van der Waals surface area contributed by atoms with Crippen LogP contribution in [0.3, 0.4) is 0 Å². The third kappa shape index (κ3) is 4.40. The fraction of sp³-hybridized carbons (Fsp3) is 0.312. The van der Waals surface area contributed by atoms with Gasteiger partial charge in [0.15, 0.2) is 0 Å². The summed E-state index contributed by atoms with van der Waals surface area (Å²) in [6, 6.07) is 1.63. The highest BCUT2D eigenvalue weighted by Gasteiger charge is 2.36. The third-order valence-corrected chi connectivity index (χ3v) is 5.01. The predicted molar refractivity (Wildman–Crippen MR) is 93.0 cm³/mol. The normalized spacial score (nSPS) is 18.9. The topological polar surface area (TPSA) is 70.9 Å². The molecule has 1 aliphatic carbocycles. The molecule has 2 aromatic rings. The first-order valence-electron chi connectivity index (χ1n) is 7.62. The number of alkyl halides is 3. The lowest BCUT2D eigenvalue weighted by Gasteiger charge is -2.20. The van der Waals surface area contributed by atoms with E-state index < -0.39 is 17.9 Å². The molecule has 0 aromatic carbocycles. The van der Waals surface area contributed by atoms with E-state index in [1.165, 1.54) is 23.7 Å². The van der Waals surface area contributed by atoms with Gasteiger partial charge in [0, 0.05) is 35.1 Å². The first kappa shape index (κ1) is 18.8. The molecule has 2 aromatic heterocycles. The molecule has 0 spiro atoms. The molecule has 5 nitrogen and oxygen atoms in total. The number of rotatable bonds is 5. The Kier molecular flexibility index (Phi) is 5.59. The number of halogens is 4. The van der Waals surface area contributed by atoms with Crippen LogP contribution in [0.1, 0.15) is 29.1 Å². The smallest absolute Gasteiger partial charge is 0.384 e. The average molecular weight is 403 g/mol. The molecule has 0 bridgehead atoms. The zero-order chi connectivity index (χ0) is 18.7. The number of hydrogen-bond acceptors (Lipinski definition) is 6. The second kappa shape index (κ2) is 7.73. The summed E-state index contributed by atoms with van der Waals surface area (Å²) in [5.74, 6) is 0.0850. The van der Waals surface area contributed by atoms with Crippen molar-refractivity contribution in [1.82, 2.24) is 15.0 Å². The van der Waals surface area contributed by atoms with Gasteiger partial charge in [-0.15, -0.1) is 11.3 Å². The van der Waals surface area contributed by atoms with Gasteiger partial charge in [-0.2, -0.15) is 13.2 Å². The highest BCUT2D eigenvalue weighted by Crippen LogP contribution is 2.39. The highest BCUT2D eigenvalue weighted by molar-refractivity contribution is 7.09. The van der Waals surface area contributed by atoms with Gasteiger partial charge in [0.2, 0.25) is 0 Å². The predicted octanol–water partition coefficient (Wildman–Crippen LogP) is 4.18. The summed E-state index contributed by atoms with van der Waals surface area (Å²) in [5.41, 5.74) is -0.281. The van der Waals surface area contributed by atoms with Crippen LogP contribution in [0, 0.1) is 0 Å². The minimum Gasteiger partial charge on any atom is -0.384 e. The Morgan fingerprint density at radius 2 is 2.15 bits per heavy atom. The summed E-state index contributed by atoms with van der Waals surface area (Å²) < 4.78 is 38.5. The van der Waals surface area contributed by atoms with E-state index in [2.05, 4.69) is 20.3 Å². The Morgan fingerprint density at radius 1 is 1.35 bits per heavy atom. The van der Waals surface area contributed by atoms with Gasteiger partial charge in [-0.25, -0.2) is 15.0 Å². The van der Waals surface area contributed by atoms with E-state index in [-0.39, 0.29) is 23.9 Å². The number of allylic oxidation sites excluding steroid dienone is 4. The van der Waals surface area contributed by atoms with Crippen molar-refractivity contribution in [3.05, 3.63) is 57.4 Å². The van der Waals surface area contributed by atoms with Gasteiger partial charge in [0.25, 0.3) is 0 Å². The molecular weight excluding hydrogens is 389 g/mol. The summed E-state index contributed by atoms with van der Waals surface area (Å²) in [6.45, 7) is 0.198.